The summed E-state index contributed by atoms with van der Waals surface area (Å²) in [5.74, 6) is -0.126. The fraction of sp³-hybridized carbons (Fsp3) is 0.238. The summed E-state index contributed by atoms with van der Waals surface area (Å²) in [6, 6.07) is 16.9. The summed E-state index contributed by atoms with van der Waals surface area (Å²) in [5.41, 5.74) is 2.61. The Bertz CT molecular complexity index is 943. The van der Waals surface area contributed by atoms with Crippen molar-refractivity contribution in [3.05, 3.63) is 65.7 Å². The Morgan fingerprint density at radius 1 is 1.00 bits per heavy atom. The second kappa shape index (κ2) is 10.7. The zero-order valence-electron chi connectivity index (χ0n) is 16.1. The molecule has 6 nitrogen and oxygen atoms in total. The van der Waals surface area contributed by atoms with Crippen molar-refractivity contribution >= 4 is 45.7 Å². The molecule has 1 heterocycles. The highest BCUT2D eigenvalue weighted by molar-refractivity contribution is 8.01. The minimum Gasteiger partial charge on any atom is -0.325 e. The van der Waals surface area contributed by atoms with Gasteiger partial charge in [-0.25, -0.2) is 0 Å². The molecule has 150 valence electrons. The smallest absolute Gasteiger partial charge is 0.257 e. The summed E-state index contributed by atoms with van der Waals surface area (Å²) in [6.07, 6.45) is 3.39. The van der Waals surface area contributed by atoms with Crippen molar-refractivity contribution in [1.29, 1.82) is 0 Å². The van der Waals surface area contributed by atoms with Crippen LogP contribution >= 0.6 is 23.1 Å². The van der Waals surface area contributed by atoms with E-state index < -0.39 is 0 Å². The number of aryl methyl sites for hydroxylation is 1. The molecule has 0 saturated carbocycles. The van der Waals surface area contributed by atoms with Gasteiger partial charge in [0.15, 0.2) is 4.34 Å². The van der Waals surface area contributed by atoms with Crippen molar-refractivity contribution in [2.75, 3.05) is 16.4 Å². The van der Waals surface area contributed by atoms with Crippen LogP contribution in [0.2, 0.25) is 0 Å². The number of hydrogen-bond acceptors (Lipinski definition) is 6. The topological polar surface area (TPSA) is 84.0 Å². The fourth-order valence-corrected chi connectivity index (χ4v) is 4.08. The Kier molecular flexibility index (Phi) is 7.77. The highest BCUT2D eigenvalue weighted by Gasteiger charge is 2.12. The maximum absolute atomic E-state index is 12.2. The van der Waals surface area contributed by atoms with Crippen LogP contribution in [-0.4, -0.2) is 27.8 Å². The third kappa shape index (κ3) is 6.69. The second-order valence-corrected chi connectivity index (χ2v) is 8.53. The lowest BCUT2D eigenvalue weighted by molar-refractivity contribution is -0.113. The summed E-state index contributed by atoms with van der Waals surface area (Å²) < 4.78 is 0.624. The fourth-order valence-electron chi connectivity index (χ4n) is 2.54. The molecule has 0 aliphatic carbocycles. The minimum absolute atomic E-state index is 0.110. The van der Waals surface area contributed by atoms with Crippen LogP contribution in [0.15, 0.2) is 58.9 Å². The predicted molar refractivity (Wildman–Crippen MR) is 119 cm³/mol. The zero-order chi connectivity index (χ0) is 20.5. The molecule has 0 spiro atoms. The van der Waals surface area contributed by atoms with Gasteiger partial charge in [-0.15, -0.1) is 10.2 Å². The lowest BCUT2D eigenvalue weighted by atomic mass is 10.1. The number of hydrogen-bond donors (Lipinski definition) is 2. The molecule has 0 unspecified atom stereocenters. The molecule has 29 heavy (non-hydrogen) atoms. The largest absolute Gasteiger partial charge is 0.325 e. The number of nitrogens with one attached hydrogen (secondary N) is 2. The van der Waals surface area contributed by atoms with Gasteiger partial charge >= 0.3 is 0 Å². The van der Waals surface area contributed by atoms with Gasteiger partial charge in [0.1, 0.15) is 0 Å². The van der Waals surface area contributed by atoms with Gasteiger partial charge in [0, 0.05) is 11.3 Å². The van der Waals surface area contributed by atoms with Crippen molar-refractivity contribution in [2.24, 2.45) is 0 Å². The number of rotatable bonds is 9. The first kappa shape index (κ1) is 21.0. The van der Waals surface area contributed by atoms with Crippen LogP contribution in [-0.2, 0) is 11.2 Å². The Morgan fingerprint density at radius 2 is 1.76 bits per heavy atom. The molecule has 0 radical (unpaired) electrons. The number of nitrogens with zero attached hydrogens (tertiary/aromatic N) is 2. The number of carbonyl (C=O) groups excluding carboxylic acids is 2. The van der Waals surface area contributed by atoms with Crippen LogP contribution in [0.3, 0.4) is 0 Å². The number of benzene rings is 2. The molecular formula is C21H22N4O2S2. The monoisotopic (exact) mass is 426 g/mol. The van der Waals surface area contributed by atoms with Crippen LogP contribution in [0.5, 0.6) is 0 Å². The number of thioether (sulfide) groups is 1. The Labute approximate surface area is 178 Å². The minimum atomic E-state index is -0.238. The number of unbranched alkanes of at least 4 members (excludes halogenated alkanes) is 1. The molecule has 3 aromatic rings. The van der Waals surface area contributed by atoms with Crippen LogP contribution in [0.4, 0.5) is 10.8 Å². The van der Waals surface area contributed by atoms with Gasteiger partial charge in [-0.2, -0.15) is 0 Å². The van der Waals surface area contributed by atoms with Crippen molar-refractivity contribution in [1.82, 2.24) is 10.2 Å². The van der Waals surface area contributed by atoms with Gasteiger partial charge in [-0.3, -0.25) is 14.9 Å². The van der Waals surface area contributed by atoms with E-state index in [1.165, 1.54) is 35.1 Å². The maximum Gasteiger partial charge on any atom is 0.257 e. The first-order valence-corrected chi connectivity index (χ1v) is 11.2. The van der Waals surface area contributed by atoms with Crippen molar-refractivity contribution in [3.8, 4) is 0 Å². The molecule has 0 aliphatic rings. The average Bonchev–Trinajstić information content (AvgIpc) is 3.19. The number of amides is 2. The third-order valence-electron chi connectivity index (χ3n) is 4.05. The summed E-state index contributed by atoms with van der Waals surface area (Å²) in [6.45, 7) is 2.17. The van der Waals surface area contributed by atoms with Gasteiger partial charge < -0.3 is 5.32 Å². The van der Waals surface area contributed by atoms with Gasteiger partial charge in [-0.1, -0.05) is 66.8 Å². The van der Waals surface area contributed by atoms with Crippen molar-refractivity contribution < 1.29 is 9.59 Å². The van der Waals surface area contributed by atoms with Gasteiger partial charge in [0.2, 0.25) is 11.0 Å². The summed E-state index contributed by atoms with van der Waals surface area (Å²) in [7, 11) is 0. The molecule has 8 heteroatoms. The van der Waals surface area contributed by atoms with E-state index in [2.05, 4.69) is 27.8 Å². The highest BCUT2D eigenvalue weighted by Crippen LogP contribution is 2.26. The third-order valence-corrected chi connectivity index (χ3v) is 6.02. The van der Waals surface area contributed by atoms with E-state index in [0.717, 1.165) is 18.5 Å². The molecule has 0 fully saturated rings. The first-order valence-electron chi connectivity index (χ1n) is 9.35. The van der Waals surface area contributed by atoms with E-state index in [-0.39, 0.29) is 17.6 Å². The molecule has 3 rings (SSSR count). The average molecular weight is 427 g/mol. The normalized spacial score (nSPS) is 10.5. The molecular weight excluding hydrogens is 404 g/mol. The number of anilines is 2. The predicted octanol–water partition coefficient (Wildman–Crippen LogP) is 4.86. The standard InChI is InChI=1S/C21H22N4O2S2/c1-2-3-7-15-10-12-17(13-11-15)22-18(26)14-28-21-25-24-20(29-21)23-19(27)16-8-5-4-6-9-16/h4-6,8-13H,2-3,7,14H2,1H3,(H,22,26)(H,23,24,27). The molecule has 2 aromatic carbocycles. The lowest BCUT2D eigenvalue weighted by Crippen LogP contribution is -2.13. The number of aromatic nitrogens is 2. The molecule has 0 saturated heterocycles. The number of carbonyl (C=O) groups is 2. The van der Waals surface area contributed by atoms with E-state index in [1.807, 2.05) is 30.3 Å². The van der Waals surface area contributed by atoms with E-state index in [0.29, 0.717) is 15.0 Å². The van der Waals surface area contributed by atoms with E-state index >= 15 is 0 Å². The van der Waals surface area contributed by atoms with Gasteiger partial charge in [-0.05, 0) is 42.7 Å². The highest BCUT2D eigenvalue weighted by atomic mass is 32.2. The molecule has 1 aromatic heterocycles. The molecule has 0 aliphatic heterocycles. The molecule has 0 bridgehead atoms. The van der Waals surface area contributed by atoms with Gasteiger partial charge in [0.05, 0.1) is 5.75 Å². The molecule has 2 N–H and O–H groups in total. The first-order chi connectivity index (χ1) is 14.1. The van der Waals surface area contributed by atoms with Crippen LogP contribution in [0.1, 0.15) is 35.7 Å². The van der Waals surface area contributed by atoms with E-state index in [1.54, 1.807) is 24.3 Å². The Hall–Kier alpha value is -2.71. The second-order valence-electron chi connectivity index (χ2n) is 6.33. The lowest BCUT2D eigenvalue weighted by Gasteiger charge is -2.05. The summed E-state index contributed by atoms with van der Waals surface area (Å²) >= 11 is 2.53. The molecule has 0 atom stereocenters. The summed E-state index contributed by atoms with van der Waals surface area (Å²) in [4.78, 5) is 24.3. The van der Waals surface area contributed by atoms with E-state index in [4.69, 9.17) is 0 Å². The zero-order valence-corrected chi connectivity index (χ0v) is 17.7. The van der Waals surface area contributed by atoms with Crippen LogP contribution in [0, 0.1) is 0 Å². The van der Waals surface area contributed by atoms with Gasteiger partial charge in [0.25, 0.3) is 5.91 Å². The molecule has 2 amide bonds. The van der Waals surface area contributed by atoms with E-state index in [9.17, 15) is 9.59 Å². The summed E-state index contributed by atoms with van der Waals surface area (Å²) in [5, 5.41) is 14.0. The quantitative estimate of drug-likeness (QED) is 0.377. The van der Waals surface area contributed by atoms with Crippen molar-refractivity contribution in [3.63, 3.8) is 0 Å². The Morgan fingerprint density at radius 3 is 2.48 bits per heavy atom. The Balaban J connectivity index is 1.45. The van der Waals surface area contributed by atoms with Crippen LogP contribution < -0.4 is 10.6 Å². The maximum atomic E-state index is 12.2. The SMILES string of the molecule is CCCCc1ccc(NC(=O)CSc2nnc(NC(=O)c3ccccc3)s2)cc1. The van der Waals surface area contributed by atoms with Crippen LogP contribution in [0.25, 0.3) is 0 Å². The van der Waals surface area contributed by atoms with Crippen molar-refractivity contribution in [2.45, 2.75) is 30.5 Å².